The van der Waals surface area contributed by atoms with Crippen LogP contribution in [0.3, 0.4) is 0 Å². The summed E-state index contributed by atoms with van der Waals surface area (Å²) in [4.78, 5) is 12.1. The third-order valence-corrected chi connectivity index (χ3v) is 4.53. The molecule has 0 aromatic heterocycles. The molecule has 1 saturated carbocycles. The Morgan fingerprint density at radius 1 is 1.35 bits per heavy atom. The number of methoxy groups -OCH3 is 1. The van der Waals surface area contributed by atoms with Gasteiger partial charge in [-0.3, -0.25) is 5.32 Å². The summed E-state index contributed by atoms with van der Waals surface area (Å²) in [5, 5.41) is 2.86. The number of nitrogens with two attached hydrogens (primary N) is 1. The molecule has 5 heteroatoms. The largest absolute Gasteiger partial charge is 0.497 e. The van der Waals surface area contributed by atoms with Crippen LogP contribution in [-0.4, -0.2) is 25.3 Å². The maximum absolute atomic E-state index is 12.1. The molecular formula is C18H28N2O3. The number of carbonyl (C=O) groups is 1. The molecular weight excluding hydrogens is 292 g/mol. The Morgan fingerprint density at radius 2 is 2.00 bits per heavy atom. The van der Waals surface area contributed by atoms with Gasteiger partial charge in [-0.05, 0) is 68.3 Å². The second kappa shape index (κ2) is 6.04. The predicted octanol–water partition coefficient (Wildman–Crippen LogP) is 3.74. The van der Waals surface area contributed by atoms with Crippen LogP contribution >= 0.6 is 0 Å². The number of nitrogens with one attached hydrogen (secondary N) is 1. The van der Waals surface area contributed by atoms with Gasteiger partial charge in [0.15, 0.2) is 0 Å². The molecule has 1 aromatic carbocycles. The van der Waals surface area contributed by atoms with Gasteiger partial charge in [-0.25, -0.2) is 4.79 Å². The van der Waals surface area contributed by atoms with E-state index in [4.69, 9.17) is 15.2 Å². The summed E-state index contributed by atoms with van der Waals surface area (Å²) in [5.74, 6) is 1.47. The maximum Gasteiger partial charge on any atom is 0.412 e. The van der Waals surface area contributed by atoms with Crippen LogP contribution in [0.2, 0.25) is 0 Å². The molecule has 23 heavy (non-hydrogen) atoms. The second-order valence-corrected chi connectivity index (χ2v) is 7.72. The lowest BCUT2D eigenvalue weighted by atomic mass is 10.0. The Bertz CT molecular complexity index is 590. The lowest BCUT2D eigenvalue weighted by molar-refractivity contribution is 0.0635. The average Bonchev–Trinajstić information content (AvgIpc) is 2.98. The summed E-state index contributed by atoms with van der Waals surface area (Å²) in [6, 6.07) is 5.68. The van der Waals surface area contributed by atoms with E-state index in [9.17, 15) is 4.79 Å². The third-order valence-electron chi connectivity index (χ3n) is 4.53. The number of amides is 1. The first-order chi connectivity index (χ1) is 10.6. The van der Waals surface area contributed by atoms with Crippen molar-refractivity contribution < 1.29 is 14.3 Å². The van der Waals surface area contributed by atoms with Crippen LogP contribution in [0.1, 0.15) is 46.1 Å². The minimum Gasteiger partial charge on any atom is -0.497 e. The molecule has 0 bridgehead atoms. The van der Waals surface area contributed by atoms with Crippen LogP contribution in [0.15, 0.2) is 18.2 Å². The molecule has 0 spiro atoms. The minimum absolute atomic E-state index is 0.117. The molecule has 128 valence electrons. The molecule has 3 N–H and O–H groups in total. The Morgan fingerprint density at radius 3 is 2.48 bits per heavy atom. The number of benzene rings is 1. The van der Waals surface area contributed by atoms with E-state index >= 15 is 0 Å². The Hall–Kier alpha value is -1.75. The number of hydrogen-bond donors (Lipinski definition) is 2. The first-order valence-electron chi connectivity index (χ1n) is 7.98. The van der Waals surface area contributed by atoms with Crippen molar-refractivity contribution in [2.75, 3.05) is 19.0 Å². The summed E-state index contributed by atoms with van der Waals surface area (Å²) in [7, 11) is 1.64. The molecule has 1 fully saturated rings. The van der Waals surface area contributed by atoms with Crippen molar-refractivity contribution in [2.45, 2.75) is 46.1 Å². The zero-order valence-corrected chi connectivity index (χ0v) is 14.9. The van der Waals surface area contributed by atoms with Gasteiger partial charge in [0.05, 0.1) is 7.11 Å². The van der Waals surface area contributed by atoms with Crippen LogP contribution in [0.25, 0.3) is 0 Å². The highest BCUT2D eigenvalue weighted by Crippen LogP contribution is 2.65. The van der Waals surface area contributed by atoms with Gasteiger partial charge in [-0.15, -0.1) is 0 Å². The van der Waals surface area contributed by atoms with E-state index in [1.54, 1.807) is 7.11 Å². The molecule has 5 nitrogen and oxygen atoms in total. The number of rotatable bonds is 4. The molecule has 0 aliphatic heterocycles. The zero-order chi connectivity index (χ0) is 17.4. The van der Waals surface area contributed by atoms with Gasteiger partial charge in [0.1, 0.15) is 11.4 Å². The number of hydrogen-bond acceptors (Lipinski definition) is 4. The summed E-state index contributed by atoms with van der Waals surface area (Å²) in [6.45, 7) is 10.6. The summed E-state index contributed by atoms with van der Waals surface area (Å²) in [5.41, 5.74) is 7.29. The number of carbonyl (C=O) groups excluding carboxylic acids is 1. The van der Waals surface area contributed by atoms with Crippen LogP contribution in [-0.2, 0) is 4.74 Å². The van der Waals surface area contributed by atoms with Crippen molar-refractivity contribution in [2.24, 2.45) is 17.1 Å². The SMILES string of the molecule is COc1ccc(NC(=O)OC(C)(C)C)c([C@@H]2[C@@H](CN)C2(C)C)c1. The van der Waals surface area contributed by atoms with Crippen LogP contribution in [0.4, 0.5) is 10.5 Å². The van der Waals surface area contributed by atoms with Gasteiger partial charge >= 0.3 is 6.09 Å². The van der Waals surface area contributed by atoms with Gasteiger partial charge in [0.25, 0.3) is 0 Å². The molecule has 1 aliphatic rings. The van der Waals surface area contributed by atoms with E-state index in [0.717, 1.165) is 17.0 Å². The zero-order valence-electron chi connectivity index (χ0n) is 14.9. The van der Waals surface area contributed by atoms with Gasteiger partial charge in [-0.1, -0.05) is 13.8 Å². The van der Waals surface area contributed by atoms with Gasteiger partial charge in [0, 0.05) is 5.69 Å². The summed E-state index contributed by atoms with van der Waals surface area (Å²) < 4.78 is 10.7. The van der Waals surface area contributed by atoms with E-state index in [1.807, 2.05) is 39.0 Å². The first kappa shape index (κ1) is 17.6. The Labute approximate surface area is 138 Å². The van der Waals surface area contributed by atoms with Crippen molar-refractivity contribution >= 4 is 11.8 Å². The van der Waals surface area contributed by atoms with Crippen LogP contribution in [0, 0.1) is 11.3 Å². The first-order valence-corrected chi connectivity index (χ1v) is 7.98. The normalized spacial score (nSPS) is 22.4. The molecule has 1 amide bonds. The fourth-order valence-electron chi connectivity index (χ4n) is 3.25. The van der Waals surface area contributed by atoms with E-state index in [1.165, 1.54) is 0 Å². The summed E-state index contributed by atoms with van der Waals surface area (Å²) >= 11 is 0. The van der Waals surface area contributed by atoms with Crippen molar-refractivity contribution in [3.63, 3.8) is 0 Å². The van der Waals surface area contributed by atoms with Gasteiger partial charge in [-0.2, -0.15) is 0 Å². The predicted molar refractivity (Wildman–Crippen MR) is 91.9 cm³/mol. The third kappa shape index (κ3) is 3.78. The molecule has 0 radical (unpaired) electrons. The minimum atomic E-state index is -0.532. The highest BCUT2D eigenvalue weighted by Gasteiger charge is 2.58. The fourth-order valence-corrected chi connectivity index (χ4v) is 3.25. The standard InChI is InChI=1S/C18H28N2O3/c1-17(2,3)23-16(21)20-14-8-7-11(22-6)9-12(14)15-13(10-19)18(15,4)5/h7-9,13,15H,10,19H2,1-6H3,(H,20,21)/t13-,15-/m1/s1. The number of ether oxygens (including phenoxy) is 2. The van der Waals surface area contributed by atoms with E-state index in [2.05, 4.69) is 19.2 Å². The van der Waals surface area contributed by atoms with Crippen LogP contribution < -0.4 is 15.8 Å². The van der Waals surface area contributed by atoms with Crippen molar-refractivity contribution in [3.8, 4) is 5.75 Å². The Kier molecular flexibility index (Phi) is 4.62. The fraction of sp³-hybridized carbons (Fsp3) is 0.611. The van der Waals surface area contributed by atoms with Gasteiger partial charge in [0.2, 0.25) is 0 Å². The molecule has 2 atom stereocenters. The maximum atomic E-state index is 12.1. The monoisotopic (exact) mass is 320 g/mol. The lowest BCUT2D eigenvalue weighted by Crippen LogP contribution is -2.27. The van der Waals surface area contributed by atoms with E-state index in [-0.39, 0.29) is 5.41 Å². The smallest absolute Gasteiger partial charge is 0.412 e. The Balaban J connectivity index is 2.28. The highest BCUT2D eigenvalue weighted by molar-refractivity contribution is 5.86. The molecule has 0 unspecified atom stereocenters. The lowest BCUT2D eigenvalue weighted by Gasteiger charge is -2.21. The number of anilines is 1. The molecule has 2 rings (SSSR count). The molecule has 0 saturated heterocycles. The van der Waals surface area contributed by atoms with Crippen molar-refractivity contribution in [1.82, 2.24) is 0 Å². The quantitative estimate of drug-likeness (QED) is 0.886. The molecule has 1 aromatic rings. The van der Waals surface area contributed by atoms with E-state index in [0.29, 0.717) is 18.4 Å². The van der Waals surface area contributed by atoms with Crippen LogP contribution in [0.5, 0.6) is 5.75 Å². The van der Waals surface area contributed by atoms with Gasteiger partial charge < -0.3 is 15.2 Å². The molecule has 1 aliphatic carbocycles. The average molecular weight is 320 g/mol. The van der Waals surface area contributed by atoms with Crippen molar-refractivity contribution in [3.05, 3.63) is 23.8 Å². The van der Waals surface area contributed by atoms with Crippen molar-refractivity contribution in [1.29, 1.82) is 0 Å². The highest BCUT2D eigenvalue weighted by atomic mass is 16.6. The molecule has 0 heterocycles. The topological polar surface area (TPSA) is 73.6 Å². The second-order valence-electron chi connectivity index (χ2n) is 7.72. The summed E-state index contributed by atoms with van der Waals surface area (Å²) in [6.07, 6.45) is -0.452. The van der Waals surface area contributed by atoms with E-state index < -0.39 is 11.7 Å².